The molecular weight excluding hydrogens is 264 g/mol. The Labute approximate surface area is 124 Å². The molecule has 1 N–H and O–H groups in total. The fourth-order valence-corrected chi connectivity index (χ4v) is 2.77. The molecule has 1 aliphatic rings. The summed E-state index contributed by atoms with van der Waals surface area (Å²) in [6.45, 7) is 0. The zero-order valence-corrected chi connectivity index (χ0v) is 12.2. The van der Waals surface area contributed by atoms with Gasteiger partial charge in [0.25, 0.3) is 0 Å². The van der Waals surface area contributed by atoms with Gasteiger partial charge in [-0.3, -0.25) is 4.79 Å². The lowest BCUT2D eigenvalue weighted by molar-refractivity contribution is -0.140. The zero-order chi connectivity index (χ0) is 14.8. The molecule has 0 fully saturated rings. The number of aryl methyl sites for hydroxylation is 1. The normalized spacial score (nSPS) is 12.2. The zero-order valence-electron chi connectivity index (χ0n) is 12.2. The van der Waals surface area contributed by atoms with Crippen molar-refractivity contribution in [2.75, 3.05) is 24.4 Å². The Morgan fingerprint density at radius 1 is 1.14 bits per heavy atom. The minimum Gasteiger partial charge on any atom is -0.469 e. The molecule has 21 heavy (non-hydrogen) atoms. The highest BCUT2D eigenvalue weighted by Gasteiger charge is 2.21. The van der Waals surface area contributed by atoms with Crippen molar-refractivity contribution in [3.63, 3.8) is 0 Å². The van der Waals surface area contributed by atoms with Gasteiger partial charge in [0.15, 0.2) is 0 Å². The summed E-state index contributed by atoms with van der Waals surface area (Å²) < 4.78 is 4.73. The van der Waals surface area contributed by atoms with E-state index in [9.17, 15) is 4.79 Å². The number of carbonyl (C=O) groups is 1. The molecule has 0 aromatic heterocycles. The van der Waals surface area contributed by atoms with Crippen LogP contribution >= 0.6 is 0 Å². The lowest BCUT2D eigenvalue weighted by Crippen LogP contribution is -2.19. The predicted molar refractivity (Wildman–Crippen MR) is 84.6 cm³/mol. The molecule has 0 atom stereocenters. The second kappa shape index (κ2) is 5.48. The molecule has 0 bridgehead atoms. The van der Waals surface area contributed by atoms with Gasteiger partial charge in [-0.25, -0.2) is 0 Å². The molecule has 2 aromatic carbocycles. The largest absolute Gasteiger partial charge is 0.469 e. The van der Waals surface area contributed by atoms with Crippen molar-refractivity contribution < 1.29 is 9.53 Å². The Balaban J connectivity index is 1.96. The van der Waals surface area contributed by atoms with E-state index >= 15 is 0 Å². The second-order valence-electron chi connectivity index (χ2n) is 5.09. The molecule has 1 heterocycles. The van der Waals surface area contributed by atoms with E-state index in [1.54, 1.807) is 0 Å². The maximum Gasteiger partial charge on any atom is 0.305 e. The smallest absolute Gasteiger partial charge is 0.305 e. The first-order valence-corrected chi connectivity index (χ1v) is 6.99. The summed E-state index contributed by atoms with van der Waals surface area (Å²) in [5.74, 6) is -0.181. The minimum atomic E-state index is -0.181. The van der Waals surface area contributed by atoms with E-state index in [0.717, 1.165) is 28.3 Å². The van der Waals surface area contributed by atoms with E-state index in [1.807, 2.05) is 18.2 Å². The van der Waals surface area contributed by atoms with E-state index in [0.29, 0.717) is 12.8 Å². The van der Waals surface area contributed by atoms with Gasteiger partial charge in [-0.15, -0.1) is 0 Å². The first-order chi connectivity index (χ1) is 10.2. The van der Waals surface area contributed by atoms with Gasteiger partial charge in [0.1, 0.15) is 0 Å². The molecule has 108 valence electrons. The number of para-hydroxylation sites is 3. The summed E-state index contributed by atoms with van der Waals surface area (Å²) in [6, 6.07) is 14.3. The number of benzene rings is 2. The van der Waals surface area contributed by atoms with Crippen molar-refractivity contribution >= 4 is 28.7 Å². The number of methoxy groups -OCH3 is 1. The maximum absolute atomic E-state index is 11.4. The first kappa shape index (κ1) is 13.5. The Morgan fingerprint density at radius 2 is 1.90 bits per heavy atom. The quantitative estimate of drug-likeness (QED) is 0.873. The summed E-state index contributed by atoms with van der Waals surface area (Å²) >= 11 is 0. The van der Waals surface area contributed by atoms with E-state index in [2.05, 4.69) is 41.5 Å². The van der Waals surface area contributed by atoms with Crippen molar-refractivity contribution in [3.8, 4) is 0 Å². The predicted octanol–water partition coefficient (Wildman–Crippen LogP) is 3.62. The van der Waals surface area contributed by atoms with Gasteiger partial charge in [0.05, 0.1) is 29.9 Å². The number of hydrogen-bond acceptors (Lipinski definition) is 4. The molecule has 0 unspecified atom stereocenters. The highest BCUT2D eigenvalue weighted by atomic mass is 16.5. The Kier molecular flexibility index (Phi) is 3.52. The number of nitrogens with zero attached hydrogens (tertiary/aromatic N) is 1. The number of hydrogen-bond donors (Lipinski definition) is 1. The summed E-state index contributed by atoms with van der Waals surface area (Å²) in [5.41, 5.74) is 5.56. The van der Waals surface area contributed by atoms with Crippen LogP contribution in [0.4, 0.5) is 22.7 Å². The number of rotatable bonds is 3. The molecule has 0 spiro atoms. The van der Waals surface area contributed by atoms with Crippen LogP contribution in [-0.2, 0) is 16.0 Å². The molecule has 3 rings (SSSR count). The van der Waals surface area contributed by atoms with Crippen LogP contribution in [0.15, 0.2) is 42.5 Å². The third kappa shape index (κ3) is 2.44. The topological polar surface area (TPSA) is 41.6 Å². The fraction of sp³-hybridized carbons (Fsp3) is 0.235. The van der Waals surface area contributed by atoms with E-state index in [1.165, 1.54) is 7.11 Å². The first-order valence-electron chi connectivity index (χ1n) is 6.99. The number of esters is 1. The van der Waals surface area contributed by atoms with Crippen molar-refractivity contribution in [3.05, 3.63) is 48.0 Å². The lowest BCUT2D eigenvalue weighted by atomic mass is 10.0. The number of fused-ring (bicyclic) bond motifs is 2. The number of nitrogens with one attached hydrogen (secondary N) is 1. The SMILES string of the molecule is COC(=O)CCc1cccc2c1N(C)c1ccccc1N2. The minimum absolute atomic E-state index is 0.181. The third-order valence-electron chi connectivity index (χ3n) is 3.82. The summed E-state index contributed by atoms with van der Waals surface area (Å²) in [5, 5.41) is 3.46. The van der Waals surface area contributed by atoms with Crippen LogP contribution in [0.3, 0.4) is 0 Å². The number of ether oxygens (including phenoxy) is 1. The van der Waals surface area contributed by atoms with Crippen LogP contribution in [0.2, 0.25) is 0 Å². The summed E-state index contributed by atoms with van der Waals surface area (Å²) in [6.07, 6.45) is 1.06. The molecule has 0 saturated heterocycles. The molecule has 4 nitrogen and oxygen atoms in total. The van der Waals surface area contributed by atoms with Crippen LogP contribution in [-0.4, -0.2) is 20.1 Å². The van der Waals surface area contributed by atoms with Gasteiger partial charge in [-0.1, -0.05) is 24.3 Å². The highest BCUT2D eigenvalue weighted by molar-refractivity contribution is 5.92. The fourth-order valence-electron chi connectivity index (χ4n) is 2.77. The van der Waals surface area contributed by atoms with Crippen LogP contribution in [0.5, 0.6) is 0 Å². The van der Waals surface area contributed by atoms with Gasteiger partial charge in [0.2, 0.25) is 0 Å². The second-order valence-corrected chi connectivity index (χ2v) is 5.09. The Hall–Kier alpha value is -2.49. The monoisotopic (exact) mass is 282 g/mol. The van der Waals surface area contributed by atoms with Crippen molar-refractivity contribution in [1.29, 1.82) is 0 Å². The van der Waals surface area contributed by atoms with Crippen molar-refractivity contribution in [2.24, 2.45) is 0 Å². The Morgan fingerprint density at radius 3 is 2.71 bits per heavy atom. The van der Waals surface area contributed by atoms with Crippen LogP contribution in [0, 0.1) is 0 Å². The molecule has 2 aromatic rings. The van der Waals surface area contributed by atoms with E-state index in [4.69, 9.17) is 4.74 Å². The van der Waals surface area contributed by atoms with Crippen molar-refractivity contribution in [1.82, 2.24) is 0 Å². The molecule has 1 aliphatic heterocycles. The average molecular weight is 282 g/mol. The van der Waals surface area contributed by atoms with Gasteiger partial charge >= 0.3 is 5.97 Å². The van der Waals surface area contributed by atoms with Gasteiger partial charge in [-0.2, -0.15) is 0 Å². The van der Waals surface area contributed by atoms with Gasteiger partial charge < -0.3 is 15.0 Å². The maximum atomic E-state index is 11.4. The van der Waals surface area contributed by atoms with E-state index in [-0.39, 0.29) is 5.97 Å². The molecule has 0 radical (unpaired) electrons. The third-order valence-corrected chi connectivity index (χ3v) is 3.82. The average Bonchev–Trinajstić information content (AvgIpc) is 2.52. The standard InChI is InChI=1S/C17H18N2O2/c1-19-15-9-4-3-7-13(15)18-14-8-5-6-12(17(14)19)10-11-16(20)21-2/h3-9,18H,10-11H2,1-2H3. The van der Waals surface area contributed by atoms with Gasteiger partial charge in [-0.05, 0) is 30.2 Å². The molecule has 4 heteroatoms. The molecule has 0 aliphatic carbocycles. The number of carbonyl (C=O) groups excluding carboxylic acids is 1. The number of anilines is 4. The molecule has 0 amide bonds. The lowest BCUT2D eigenvalue weighted by Gasteiger charge is -2.32. The van der Waals surface area contributed by atoms with Crippen molar-refractivity contribution in [2.45, 2.75) is 12.8 Å². The molecular formula is C17H18N2O2. The van der Waals surface area contributed by atoms with E-state index < -0.39 is 0 Å². The summed E-state index contributed by atoms with van der Waals surface area (Å²) in [4.78, 5) is 13.6. The van der Waals surface area contributed by atoms with Crippen LogP contribution in [0.25, 0.3) is 0 Å². The molecule has 0 saturated carbocycles. The van der Waals surface area contributed by atoms with Crippen LogP contribution in [0.1, 0.15) is 12.0 Å². The van der Waals surface area contributed by atoms with Crippen LogP contribution < -0.4 is 10.2 Å². The van der Waals surface area contributed by atoms with Gasteiger partial charge in [0, 0.05) is 13.5 Å². The Bertz CT molecular complexity index is 682. The highest BCUT2D eigenvalue weighted by Crippen LogP contribution is 2.44. The summed E-state index contributed by atoms with van der Waals surface area (Å²) in [7, 11) is 3.48.